The van der Waals surface area contributed by atoms with Crippen LogP contribution in [0.2, 0.25) is 0 Å². The third-order valence-electron chi connectivity index (χ3n) is 1.53. The Hall–Kier alpha value is -2.28. The Kier molecular flexibility index (Phi) is 4.61. The summed E-state index contributed by atoms with van der Waals surface area (Å²) in [6.07, 6.45) is 4.52. The molecule has 16 heavy (non-hydrogen) atoms. The lowest BCUT2D eigenvalue weighted by molar-refractivity contribution is -0.136. The first kappa shape index (κ1) is 11.8. The summed E-state index contributed by atoms with van der Waals surface area (Å²) in [6, 6.07) is 3.61. The summed E-state index contributed by atoms with van der Waals surface area (Å²) >= 11 is 0. The number of nitrogens with zero attached hydrogens (tertiary/aromatic N) is 1. The quantitative estimate of drug-likeness (QED) is 0.452. The molecule has 1 aromatic heterocycles. The number of allylic oxidation sites excluding steroid dienone is 1. The normalized spacial score (nSPS) is 10.2. The van der Waals surface area contributed by atoms with E-state index in [0.29, 0.717) is 5.70 Å². The summed E-state index contributed by atoms with van der Waals surface area (Å²) in [5.41, 5.74) is 6.49. The second-order valence-corrected chi connectivity index (χ2v) is 3.04. The summed E-state index contributed by atoms with van der Waals surface area (Å²) in [5.74, 6) is 5.03. The zero-order valence-corrected chi connectivity index (χ0v) is 8.93. The van der Waals surface area contributed by atoms with Gasteiger partial charge in [0.2, 0.25) is 0 Å². The maximum Gasteiger partial charge on any atom is 0.333 e. The van der Waals surface area contributed by atoms with Crippen LogP contribution in [0.15, 0.2) is 36.3 Å². The molecule has 0 amide bonds. The molecule has 0 aliphatic heterocycles. The molecule has 0 unspecified atom stereocenters. The van der Waals surface area contributed by atoms with Crippen molar-refractivity contribution in [2.45, 2.75) is 6.92 Å². The van der Waals surface area contributed by atoms with Crippen LogP contribution in [0.5, 0.6) is 0 Å². The van der Waals surface area contributed by atoms with E-state index < -0.39 is 5.97 Å². The lowest BCUT2D eigenvalue weighted by Gasteiger charge is -1.95. The smallest absolute Gasteiger partial charge is 0.333 e. The molecule has 0 atom stereocenters. The topological polar surface area (TPSA) is 65.2 Å². The van der Waals surface area contributed by atoms with Gasteiger partial charge in [0.1, 0.15) is 0 Å². The molecule has 1 aromatic rings. The third kappa shape index (κ3) is 4.82. The van der Waals surface area contributed by atoms with Gasteiger partial charge in [0, 0.05) is 29.7 Å². The Morgan fingerprint density at radius 3 is 3.12 bits per heavy atom. The van der Waals surface area contributed by atoms with E-state index in [2.05, 4.69) is 16.8 Å². The molecule has 1 rings (SSSR count). The van der Waals surface area contributed by atoms with Gasteiger partial charge < -0.3 is 10.5 Å². The van der Waals surface area contributed by atoms with Crippen LogP contribution in [0.3, 0.4) is 0 Å². The van der Waals surface area contributed by atoms with Gasteiger partial charge in [-0.3, -0.25) is 4.98 Å². The van der Waals surface area contributed by atoms with E-state index in [9.17, 15) is 4.79 Å². The number of hydrogen-bond acceptors (Lipinski definition) is 4. The molecule has 2 N–H and O–H groups in total. The van der Waals surface area contributed by atoms with Gasteiger partial charge in [-0.2, -0.15) is 0 Å². The van der Waals surface area contributed by atoms with E-state index >= 15 is 0 Å². The first-order valence-electron chi connectivity index (χ1n) is 4.68. The minimum absolute atomic E-state index is 0.0392. The predicted octanol–water partition coefficient (Wildman–Crippen LogP) is 0.839. The molecule has 0 saturated carbocycles. The van der Waals surface area contributed by atoms with Gasteiger partial charge in [-0.15, -0.1) is 0 Å². The molecule has 0 bridgehead atoms. The molecule has 0 aliphatic carbocycles. The van der Waals surface area contributed by atoms with E-state index in [1.54, 1.807) is 25.4 Å². The lowest BCUT2D eigenvalue weighted by atomic mass is 10.3. The third-order valence-corrected chi connectivity index (χ3v) is 1.53. The Balaban J connectivity index is 2.40. The summed E-state index contributed by atoms with van der Waals surface area (Å²) < 4.78 is 4.79. The zero-order chi connectivity index (χ0) is 11.8. The number of nitrogens with two attached hydrogens (primary N) is 1. The van der Waals surface area contributed by atoms with E-state index in [0.717, 1.165) is 5.56 Å². The summed E-state index contributed by atoms with van der Waals surface area (Å²) in [6.45, 7) is 1.65. The van der Waals surface area contributed by atoms with E-state index in [-0.39, 0.29) is 6.61 Å². The molecular formula is C12H12N2O2. The molecule has 4 nitrogen and oxygen atoms in total. The lowest BCUT2D eigenvalue weighted by Crippen LogP contribution is -2.04. The second-order valence-electron chi connectivity index (χ2n) is 3.04. The number of carbonyl (C=O) groups excluding carboxylic acids is 1. The summed E-state index contributed by atoms with van der Waals surface area (Å²) in [4.78, 5) is 14.9. The average molecular weight is 216 g/mol. The average Bonchev–Trinajstić information content (AvgIpc) is 2.25. The molecule has 0 aromatic carbocycles. The molecule has 4 heteroatoms. The van der Waals surface area contributed by atoms with E-state index in [1.165, 1.54) is 6.08 Å². The minimum Gasteiger partial charge on any atom is -0.449 e. The number of esters is 1. The predicted molar refractivity (Wildman–Crippen MR) is 60.0 cm³/mol. The van der Waals surface area contributed by atoms with Crippen LogP contribution in [0.1, 0.15) is 12.5 Å². The molecule has 0 fully saturated rings. The molecule has 1 heterocycles. The molecule has 0 aliphatic rings. The minimum atomic E-state index is -0.486. The Morgan fingerprint density at radius 1 is 1.69 bits per heavy atom. The highest BCUT2D eigenvalue weighted by Gasteiger charge is 1.94. The van der Waals surface area contributed by atoms with Crippen LogP contribution in [-0.2, 0) is 9.53 Å². The van der Waals surface area contributed by atoms with Gasteiger partial charge >= 0.3 is 5.97 Å². The summed E-state index contributed by atoms with van der Waals surface area (Å²) in [5, 5.41) is 0. The van der Waals surface area contributed by atoms with Crippen molar-refractivity contribution in [3.8, 4) is 11.8 Å². The first-order valence-corrected chi connectivity index (χ1v) is 4.68. The van der Waals surface area contributed by atoms with Gasteiger partial charge in [-0.05, 0) is 19.1 Å². The van der Waals surface area contributed by atoms with Crippen molar-refractivity contribution in [3.05, 3.63) is 41.9 Å². The monoisotopic (exact) mass is 216 g/mol. The van der Waals surface area contributed by atoms with Gasteiger partial charge in [0.15, 0.2) is 6.61 Å². The van der Waals surface area contributed by atoms with Crippen LogP contribution >= 0.6 is 0 Å². The van der Waals surface area contributed by atoms with Crippen molar-refractivity contribution in [2.24, 2.45) is 5.73 Å². The number of rotatable bonds is 2. The fraction of sp³-hybridized carbons (Fsp3) is 0.167. The van der Waals surface area contributed by atoms with Gasteiger partial charge in [0.25, 0.3) is 0 Å². The molecule has 82 valence electrons. The Morgan fingerprint density at radius 2 is 2.50 bits per heavy atom. The fourth-order valence-electron chi connectivity index (χ4n) is 0.910. The Labute approximate surface area is 94.1 Å². The summed E-state index contributed by atoms with van der Waals surface area (Å²) in [7, 11) is 0. The van der Waals surface area contributed by atoms with Crippen LogP contribution in [-0.4, -0.2) is 17.6 Å². The van der Waals surface area contributed by atoms with Crippen LogP contribution < -0.4 is 5.73 Å². The maximum absolute atomic E-state index is 11.0. The standard InChI is InChI=1S/C12H12N2O2/c1-10(13)8-12(15)16-7-3-5-11-4-2-6-14-9-11/h2,4,6,8-9H,7,13H2,1H3/b10-8-. The van der Waals surface area contributed by atoms with E-state index in [1.807, 2.05) is 6.07 Å². The van der Waals surface area contributed by atoms with E-state index in [4.69, 9.17) is 10.5 Å². The molecule has 0 spiro atoms. The number of ether oxygens (including phenoxy) is 1. The maximum atomic E-state index is 11.0. The van der Waals surface area contributed by atoms with Crippen molar-refractivity contribution in [1.29, 1.82) is 0 Å². The van der Waals surface area contributed by atoms with Gasteiger partial charge in [-0.25, -0.2) is 4.79 Å². The van der Waals surface area contributed by atoms with Crippen molar-refractivity contribution >= 4 is 5.97 Å². The zero-order valence-electron chi connectivity index (χ0n) is 8.93. The Bertz CT molecular complexity index is 437. The SMILES string of the molecule is C/C(N)=C/C(=O)OCC#Cc1cccnc1. The number of aromatic nitrogens is 1. The molecule has 0 radical (unpaired) electrons. The fourth-order valence-corrected chi connectivity index (χ4v) is 0.910. The number of hydrogen-bond donors (Lipinski definition) is 1. The second kappa shape index (κ2) is 6.25. The number of carbonyl (C=O) groups is 1. The van der Waals surface area contributed by atoms with Crippen molar-refractivity contribution in [2.75, 3.05) is 6.61 Å². The molecule has 0 saturated heterocycles. The highest BCUT2D eigenvalue weighted by Crippen LogP contribution is 1.91. The number of pyridine rings is 1. The first-order chi connectivity index (χ1) is 7.68. The van der Waals surface area contributed by atoms with Crippen LogP contribution in [0.4, 0.5) is 0 Å². The van der Waals surface area contributed by atoms with Crippen LogP contribution in [0, 0.1) is 11.8 Å². The highest BCUT2D eigenvalue weighted by molar-refractivity contribution is 5.82. The van der Waals surface area contributed by atoms with Gasteiger partial charge in [0.05, 0.1) is 0 Å². The largest absolute Gasteiger partial charge is 0.449 e. The van der Waals surface area contributed by atoms with Crippen molar-refractivity contribution in [1.82, 2.24) is 4.98 Å². The van der Waals surface area contributed by atoms with Crippen molar-refractivity contribution < 1.29 is 9.53 Å². The highest BCUT2D eigenvalue weighted by atomic mass is 16.5. The van der Waals surface area contributed by atoms with Crippen molar-refractivity contribution in [3.63, 3.8) is 0 Å². The van der Waals surface area contributed by atoms with Crippen LogP contribution in [0.25, 0.3) is 0 Å². The van der Waals surface area contributed by atoms with Gasteiger partial charge in [-0.1, -0.05) is 11.8 Å². The molecular weight excluding hydrogens is 204 g/mol.